The first-order valence-electron chi connectivity index (χ1n) is 4.98. The Morgan fingerprint density at radius 1 is 1.59 bits per heavy atom. The number of nitrogens with one attached hydrogen (secondary N) is 1. The molecule has 0 unspecified atom stereocenters. The number of hydrogen-bond donors (Lipinski definition) is 1. The summed E-state index contributed by atoms with van der Waals surface area (Å²) in [5.74, 6) is 1.00. The minimum atomic E-state index is -0.183. The number of rotatable bonds is 3. The zero-order chi connectivity index (χ0) is 12.3. The maximum atomic E-state index is 11.7. The van der Waals surface area contributed by atoms with Crippen LogP contribution in [0.2, 0.25) is 0 Å². The average molecular weight is 296 g/mol. The number of aromatic nitrogens is 2. The summed E-state index contributed by atoms with van der Waals surface area (Å²) in [4.78, 5) is 15.7. The van der Waals surface area contributed by atoms with Gasteiger partial charge in [-0.25, -0.2) is 4.98 Å². The summed E-state index contributed by atoms with van der Waals surface area (Å²) in [6.07, 6.45) is 1.78. The zero-order valence-electron chi connectivity index (χ0n) is 9.11. The van der Waals surface area contributed by atoms with Gasteiger partial charge in [0.25, 0.3) is 0 Å². The van der Waals surface area contributed by atoms with Crippen LogP contribution in [0.25, 0.3) is 0 Å². The first-order valence-corrected chi connectivity index (χ1v) is 5.77. The summed E-state index contributed by atoms with van der Waals surface area (Å²) in [7, 11) is 0. The second kappa shape index (κ2) is 5.09. The van der Waals surface area contributed by atoms with Crippen LogP contribution >= 0.6 is 15.9 Å². The van der Waals surface area contributed by atoms with E-state index in [1.807, 2.05) is 6.07 Å². The number of carbonyl (C=O) groups excluding carboxylic acids is 1. The number of pyridine rings is 1. The molecule has 6 heteroatoms. The predicted octanol–water partition coefficient (Wildman–Crippen LogP) is 2.32. The van der Waals surface area contributed by atoms with E-state index < -0.39 is 0 Å². The third kappa shape index (κ3) is 3.13. The number of halogens is 1. The highest BCUT2D eigenvalue weighted by atomic mass is 79.9. The largest absolute Gasteiger partial charge is 0.361 e. The minimum Gasteiger partial charge on any atom is -0.361 e. The smallest absolute Gasteiger partial charge is 0.231 e. The lowest BCUT2D eigenvalue weighted by atomic mass is 10.3. The average Bonchev–Trinajstić information content (AvgIpc) is 2.67. The summed E-state index contributed by atoms with van der Waals surface area (Å²) in [6, 6.07) is 5.32. The Hall–Kier alpha value is -1.69. The van der Waals surface area contributed by atoms with Gasteiger partial charge in [-0.15, -0.1) is 0 Å². The third-order valence-corrected chi connectivity index (χ3v) is 2.67. The van der Waals surface area contributed by atoms with Crippen LogP contribution in [0.5, 0.6) is 0 Å². The van der Waals surface area contributed by atoms with E-state index in [-0.39, 0.29) is 12.3 Å². The zero-order valence-corrected chi connectivity index (χ0v) is 10.7. The van der Waals surface area contributed by atoms with Gasteiger partial charge in [0.2, 0.25) is 5.91 Å². The molecule has 17 heavy (non-hydrogen) atoms. The van der Waals surface area contributed by atoms with Crippen molar-refractivity contribution in [1.82, 2.24) is 10.1 Å². The summed E-state index contributed by atoms with van der Waals surface area (Å²) in [5, 5.41) is 6.44. The molecule has 0 radical (unpaired) electrons. The fourth-order valence-electron chi connectivity index (χ4n) is 1.32. The number of amides is 1. The van der Waals surface area contributed by atoms with Gasteiger partial charge in [-0.1, -0.05) is 5.16 Å². The van der Waals surface area contributed by atoms with Crippen LogP contribution in [-0.4, -0.2) is 16.0 Å². The Morgan fingerprint density at radius 2 is 2.41 bits per heavy atom. The van der Waals surface area contributed by atoms with Crippen LogP contribution in [-0.2, 0) is 11.2 Å². The number of carbonyl (C=O) groups is 1. The molecule has 2 heterocycles. The van der Waals surface area contributed by atoms with Crippen molar-refractivity contribution < 1.29 is 9.32 Å². The highest BCUT2D eigenvalue weighted by Crippen LogP contribution is 2.18. The summed E-state index contributed by atoms with van der Waals surface area (Å²) < 4.78 is 5.62. The Balaban J connectivity index is 2.01. The van der Waals surface area contributed by atoms with Gasteiger partial charge in [0.05, 0.1) is 16.6 Å². The molecule has 88 valence electrons. The number of aryl methyl sites for hydroxylation is 1. The molecule has 1 N–H and O–H groups in total. The minimum absolute atomic E-state index is 0.167. The first kappa shape index (κ1) is 11.8. The molecular formula is C11H10BrN3O2. The molecule has 0 fully saturated rings. The molecule has 2 aromatic rings. The lowest BCUT2D eigenvalue weighted by molar-refractivity contribution is -0.115. The molecule has 0 bridgehead atoms. The van der Waals surface area contributed by atoms with Crippen LogP contribution in [0.4, 0.5) is 5.82 Å². The van der Waals surface area contributed by atoms with Crippen LogP contribution in [0.1, 0.15) is 11.5 Å². The molecule has 2 rings (SSSR count). The second-order valence-corrected chi connectivity index (χ2v) is 4.34. The van der Waals surface area contributed by atoms with Crippen molar-refractivity contribution in [3.8, 4) is 0 Å². The number of anilines is 1. The van der Waals surface area contributed by atoms with Crippen LogP contribution in [0.3, 0.4) is 0 Å². The topological polar surface area (TPSA) is 68.0 Å². The monoisotopic (exact) mass is 295 g/mol. The molecule has 0 saturated heterocycles. The molecule has 0 aromatic carbocycles. The van der Waals surface area contributed by atoms with Gasteiger partial charge in [0.15, 0.2) is 0 Å². The maximum absolute atomic E-state index is 11.7. The van der Waals surface area contributed by atoms with E-state index in [9.17, 15) is 4.79 Å². The first-order chi connectivity index (χ1) is 8.15. The van der Waals surface area contributed by atoms with Crippen molar-refractivity contribution in [2.75, 3.05) is 5.32 Å². The molecular weight excluding hydrogens is 286 g/mol. The van der Waals surface area contributed by atoms with Crippen molar-refractivity contribution in [3.63, 3.8) is 0 Å². The molecule has 2 aromatic heterocycles. The van der Waals surface area contributed by atoms with E-state index in [2.05, 4.69) is 31.4 Å². The fraction of sp³-hybridized carbons (Fsp3) is 0.182. The Bertz CT molecular complexity index is 539. The quantitative estimate of drug-likeness (QED) is 0.943. The highest BCUT2D eigenvalue weighted by molar-refractivity contribution is 9.10. The van der Waals surface area contributed by atoms with Gasteiger partial charge >= 0.3 is 0 Å². The van der Waals surface area contributed by atoms with Crippen LogP contribution in [0.15, 0.2) is 33.4 Å². The molecule has 0 atom stereocenters. The van der Waals surface area contributed by atoms with E-state index in [4.69, 9.17) is 4.52 Å². The van der Waals surface area contributed by atoms with Crippen molar-refractivity contribution in [1.29, 1.82) is 0 Å². The van der Waals surface area contributed by atoms with Gasteiger partial charge < -0.3 is 9.84 Å². The van der Waals surface area contributed by atoms with Gasteiger partial charge in [0, 0.05) is 12.3 Å². The summed E-state index contributed by atoms with van der Waals surface area (Å²) >= 11 is 3.30. The molecule has 0 aliphatic rings. The SMILES string of the molecule is Cc1cc(CC(=O)Nc2ncccc2Br)no1. The van der Waals surface area contributed by atoms with Gasteiger partial charge in [-0.05, 0) is 35.0 Å². The summed E-state index contributed by atoms with van der Waals surface area (Å²) in [5.41, 5.74) is 0.604. The van der Waals surface area contributed by atoms with Crippen LogP contribution in [0, 0.1) is 6.92 Å². The lowest BCUT2D eigenvalue weighted by Crippen LogP contribution is -2.15. The number of nitrogens with zero attached hydrogens (tertiary/aromatic N) is 2. The molecule has 0 aliphatic carbocycles. The normalized spacial score (nSPS) is 10.2. The van der Waals surface area contributed by atoms with Gasteiger partial charge in [-0.3, -0.25) is 4.79 Å². The Morgan fingerprint density at radius 3 is 3.06 bits per heavy atom. The van der Waals surface area contributed by atoms with Gasteiger partial charge in [0.1, 0.15) is 11.6 Å². The standard InChI is InChI=1S/C11H10BrN3O2/c1-7-5-8(15-17-7)6-10(16)14-11-9(12)3-2-4-13-11/h2-5H,6H2,1H3,(H,13,14,16). The van der Waals surface area contributed by atoms with Crippen molar-refractivity contribution in [3.05, 3.63) is 40.3 Å². The Labute approximate surface area is 106 Å². The van der Waals surface area contributed by atoms with E-state index in [1.165, 1.54) is 0 Å². The third-order valence-electron chi connectivity index (χ3n) is 2.03. The molecule has 0 saturated carbocycles. The number of hydrogen-bond acceptors (Lipinski definition) is 4. The highest BCUT2D eigenvalue weighted by Gasteiger charge is 2.09. The molecule has 0 spiro atoms. The predicted molar refractivity (Wildman–Crippen MR) is 65.5 cm³/mol. The van der Waals surface area contributed by atoms with Crippen molar-refractivity contribution in [2.24, 2.45) is 0 Å². The van der Waals surface area contributed by atoms with E-state index >= 15 is 0 Å². The van der Waals surface area contributed by atoms with Crippen molar-refractivity contribution >= 4 is 27.7 Å². The van der Waals surface area contributed by atoms with Gasteiger partial charge in [-0.2, -0.15) is 0 Å². The van der Waals surface area contributed by atoms with E-state index in [0.29, 0.717) is 17.3 Å². The maximum Gasteiger partial charge on any atom is 0.231 e. The molecule has 5 nitrogen and oxygen atoms in total. The Kier molecular flexibility index (Phi) is 3.53. The molecule has 0 aliphatic heterocycles. The van der Waals surface area contributed by atoms with Crippen LogP contribution < -0.4 is 5.32 Å². The van der Waals surface area contributed by atoms with E-state index in [0.717, 1.165) is 4.47 Å². The second-order valence-electron chi connectivity index (χ2n) is 3.49. The lowest BCUT2D eigenvalue weighted by Gasteiger charge is -2.04. The fourth-order valence-corrected chi connectivity index (χ4v) is 1.67. The summed E-state index contributed by atoms with van der Waals surface area (Å²) in [6.45, 7) is 1.78. The van der Waals surface area contributed by atoms with Crippen molar-refractivity contribution in [2.45, 2.75) is 13.3 Å². The molecule has 1 amide bonds. The van der Waals surface area contributed by atoms with E-state index in [1.54, 1.807) is 25.3 Å².